The van der Waals surface area contributed by atoms with Crippen LogP contribution in [0.1, 0.15) is 146 Å². The SMILES string of the molecule is CCCCC(C)CN(CC)CC(C)CCCC.CCCCC(C)CN(CC)CC(C)CCCC. The van der Waals surface area contributed by atoms with E-state index >= 15 is 0 Å². The van der Waals surface area contributed by atoms with Gasteiger partial charge in [0.1, 0.15) is 0 Å². The van der Waals surface area contributed by atoms with Gasteiger partial charge < -0.3 is 9.80 Å². The molecule has 0 aliphatic heterocycles. The highest BCUT2D eigenvalue weighted by Crippen LogP contribution is 2.15. The van der Waals surface area contributed by atoms with Crippen LogP contribution in [0.25, 0.3) is 0 Å². The number of rotatable bonds is 22. The van der Waals surface area contributed by atoms with Gasteiger partial charge in [0.05, 0.1) is 0 Å². The van der Waals surface area contributed by atoms with Crippen molar-refractivity contribution in [2.75, 3.05) is 39.3 Å². The molecule has 0 aromatic rings. The first-order chi connectivity index (χ1) is 16.3. The van der Waals surface area contributed by atoms with Crippen molar-refractivity contribution >= 4 is 0 Å². The zero-order valence-corrected chi connectivity index (χ0v) is 25.9. The van der Waals surface area contributed by atoms with E-state index in [9.17, 15) is 0 Å². The number of nitrogens with zero attached hydrogens (tertiary/aromatic N) is 2. The van der Waals surface area contributed by atoms with E-state index in [2.05, 4.69) is 79.0 Å². The monoisotopic (exact) mass is 483 g/mol. The molecule has 2 heteroatoms. The van der Waals surface area contributed by atoms with Crippen molar-refractivity contribution in [3.8, 4) is 0 Å². The third-order valence-corrected chi connectivity index (χ3v) is 7.38. The van der Waals surface area contributed by atoms with E-state index in [0.717, 1.165) is 23.7 Å². The van der Waals surface area contributed by atoms with E-state index in [1.165, 1.54) is 116 Å². The molecule has 0 aromatic carbocycles. The second kappa shape index (κ2) is 26.0. The Morgan fingerprint density at radius 1 is 0.382 bits per heavy atom. The van der Waals surface area contributed by atoms with Gasteiger partial charge in [0.15, 0.2) is 0 Å². The zero-order valence-electron chi connectivity index (χ0n) is 25.9. The maximum Gasteiger partial charge on any atom is 0.000702 e. The highest BCUT2D eigenvalue weighted by molar-refractivity contribution is 4.66. The molecule has 0 bridgehead atoms. The molecule has 0 aromatic heterocycles. The summed E-state index contributed by atoms with van der Waals surface area (Å²) in [5, 5.41) is 0. The van der Waals surface area contributed by atoms with Gasteiger partial charge in [0.25, 0.3) is 0 Å². The van der Waals surface area contributed by atoms with Crippen molar-refractivity contribution in [3.05, 3.63) is 0 Å². The van der Waals surface area contributed by atoms with E-state index < -0.39 is 0 Å². The van der Waals surface area contributed by atoms with Crippen molar-refractivity contribution in [3.63, 3.8) is 0 Å². The molecule has 0 saturated carbocycles. The lowest BCUT2D eigenvalue weighted by Crippen LogP contribution is -2.32. The van der Waals surface area contributed by atoms with Gasteiger partial charge in [-0.25, -0.2) is 0 Å². The van der Waals surface area contributed by atoms with E-state index in [-0.39, 0.29) is 0 Å². The molecule has 0 rings (SSSR count). The smallest absolute Gasteiger partial charge is 0.000702 e. The average molecular weight is 483 g/mol. The minimum atomic E-state index is 0.869. The van der Waals surface area contributed by atoms with E-state index in [4.69, 9.17) is 0 Å². The quantitative estimate of drug-likeness (QED) is 0.151. The number of hydrogen-bond acceptors (Lipinski definition) is 2. The van der Waals surface area contributed by atoms with Crippen LogP contribution >= 0.6 is 0 Å². The molecule has 0 aliphatic rings. The summed E-state index contributed by atoms with van der Waals surface area (Å²) < 4.78 is 0. The Bertz CT molecular complexity index is 315. The predicted molar refractivity (Wildman–Crippen MR) is 159 cm³/mol. The summed E-state index contributed by atoms with van der Waals surface area (Å²) in [6, 6.07) is 0. The van der Waals surface area contributed by atoms with Crippen LogP contribution in [-0.4, -0.2) is 49.1 Å². The molecular weight excluding hydrogens is 412 g/mol. The summed E-state index contributed by atoms with van der Waals surface area (Å²) in [5.74, 6) is 3.48. The van der Waals surface area contributed by atoms with Gasteiger partial charge in [0.2, 0.25) is 0 Å². The maximum absolute atomic E-state index is 2.65. The van der Waals surface area contributed by atoms with E-state index in [1.54, 1.807) is 0 Å². The zero-order chi connectivity index (χ0) is 26.2. The third-order valence-electron chi connectivity index (χ3n) is 7.38. The van der Waals surface area contributed by atoms with Crippen LogP contribution in [0.2, 0.25) is 0 Å². The fraction of sp³-hybridized carbons (Fsp3) is 1.00. The van der Waals surface area contributed by atoms with Crippen molar-refractivity contribution in [2.24, 2.45) is 23.7 Å². The molecule has 0 fully saturated rings. The number of hydrogen-bond donors (Lipinski definition) is 0. The fourth-order valence-electron chi connectivity index (χ4n) is 5.00. The van der Waals surface area contributed by atoms with E-state index in [1.807, 2.05) is 0 Å². The van der Waals surface area contributed by atoms with Crippen molar-refractivity contribution < 1.29 is 0 Å². The molecule has 34 heavy (non-hydrogen) atoms. The van der Waals surface area contributed by atoms with Gasteiger partial charge in [-0.15, -0.1) is 0 Å². The van der Waals surface area contributed by atoms with Crippen LogP contribution in [-0.2, 0) is 0 Å². The van der Waals surface area contributed by atoms with Gasteiger partial charge in [-0.2, -0.15) is 0 Å². The first kappa shape index (κ1) is 36.1. The van der Waals surface area contributed by atoms with Crippen molar-refractivity contribution in [1.29, 1.82) is 0 Å². The van der Waals surface area contributed by atoms with Gasteiger partial charge in [-0.1, -0.05) is 121 Å². The van der Waals surface area contributed by atoms with Gasteiger partial charge in [0, 0.05) is 26.2 Å². The summed E-state index contributed by atoms with van der Waals surface area (Å²) in [5.41, 5.74) is 0. The minimum absolute atomic E-state index is 0.869. The van der Waals surface area contributed by atoms with E-state index in [0.29, 0.717) is 0 Å². The molecule has 208 valence electrons. The third kappa shape index (κ3) is 23.7. The summed E-state index contributed by atoms with van der Waals surface area (Å²) in [4.78, 5) is 5.31. The first-order valence-corrected chi connectivity index (χ1v) is 15.7. The largest absolute Gasteiger partial charge is 0.303 e. The molecule has 0 amide bonds. The lowest BCUT2D eigenvalue weighted by atomic mass is 10.0. The number of unbranched alkanes of at least 4 members (excludes halogenated alkanes) is 4. The highest BCUT2D eigenvalue weighted by Gasteiger charge is 2.13. The molecular formula is C32H70N2. The van der Waals surface area contributed by atoms with Gasteiger partial charge >= 0.3 is 0 Å². The fourth-order valence-corrected chi connectivity index (χ4v) is 5.00. The Kier molecular flexibility index (Phi) is 27.6. The van der Waals surface area contributed by atoms with Crippen molar-refractivity contribution in [2.45, 2.75) is 146 Å². The summed E-state index contributed by atoms with van der Waals surface area (Å²) in [6.07, 6.45) is 16.5. The van der Waals surface area contributed by atoms with Crippen LogP contribution in [0.4, 0.5) is 0 Å². The highest BCUT2D eigenvalue weighted by atomic mass is 15.1. The molecule has 0 radical (unpaired) electrons. The average Bonchev–Trinajstić information content (AvgIpc) is 2.83. The molecule has 0 N–H and O–H groups in total. The molecule has 0 heterocycles. The second-order valence-electron chi connectivity index (χ2n) is 11.7. The molecule has 4 atom stereocenters. The lowest BCUT2D eigenvalue weighted by Gasteiger charge is -2.27. The molecule has 2 nitrogen and oxygen atoms in total. The molecule has 0 saturated heterocycles. The van der Waals surface area contributed by atoms with Crippen LogP contribution < -0.4 is 0 Å². The van der Waals surface area contributed by atoms with Crippen LogP contribution in [0.15, 0.2) is 0 Å². The summed E-state index contributed by atoms with van der Waals surface area (Å²) in [7, 11) is 0. The Balaban J connectivity index is 0. The Morgan fingerprint density at radius 2 is 0.588 bits per heavy atom. The standard InChI is InChI=1S/2C16H35N/c2*1-6-9-11-15(4)13-17(8-3)14-16(5)12-10-7-2/h2*15-16H,6-14H2,1-5H3. The van der Waals surface area contributed by atoms with Crippen LogP contribution in [0.5, 0.6) is 0 Å². The van der Waals surface area contributed by atoms with Crippen molar-refractivity contribution in [1.82, 2.24) is 9.80 Å². The van der Waals surface area contributed by atoms with Crippen LogP contribution in [0, 0.1) is 23.7 Å². The Labute approximate surface area is 219 Å². The molecule has 0 aliphatic carbocycles. The summed E-state index contributed by atoms with van der Waals surface area (Å²) in [6.45, 7) is 31.0. The first-order valence-electron chi connectivity index (χ1n) is 15.7. The normalized spacial score (nSPS) is 15.2. The van der Waals surface area contributed by atoms with Gasteiger partial charge in [-0.3, -0.25) is 0 Å². The molecule has 4 unspecified atom stereocenters. The Hall–Kier alpha value is -0.0800. The lowest BCUT2D eigenvalue weighted by molar-refractivity contribution is 0.207. The minimum Gasteiger partial charge on any atom is -0.303 e. The predicted octanol–water partition coefficient (Wildman–Crippen LogP) is 9.92. The summed E-state index contributed by atoms with van der Waals surface area (Å²) >= 11 is 0. The Morgan fingerprint density at radius 3 is 0.735 bits per heavy atom. The van der Waals surface area contributed by atoms with Crippen LogP contribution in [0.3, 0.4) is 0 Å². The van der Waals surface area contributed by atoms with Gasteiger partial charge in [-0.05, 0) is 62.4 Å². The molecule has 0 spiro atoms. The maximum atomic E-state index is 2.65. The second-order valence-corrected chi connectivity index (χ2v) is 11.7. The topological polar surface area (TPSA) is 6.48 Å².